The van der Waals surface area contributed by atoms with Gasteiger partial charge in [-0.2, -0.15) is 0 Å². The van der Waals surface area contributed by atoms with Crippen LogP contribution < -0.4 is 14.2 Å². The lowest BCUT2D eigenvalue weighted by Gasteiger charge is -2.26. The van der Waals surface area contributed by atoms with Crippen LogP contribution in [-0.2, 0) is 16.1 Å². The Bertz CT molecular complexity index is 1380. The number of carbonyl (C=O) groups is 3. The number of aliphatic hydroxyl groups is 1. The summed E-state index contributed by atoms with van der Waals surface area (Å²) in [6.07, 6.45) is 0. The first kappa shape index (κ1) is 25.3. The molecule has 1 amide bonds. The number of benzene rings is 3. The molecular formula is C28H25NO8. The quantitative estimate of drug-likeness (QED) is 0.268. The number of methoxy groups -OCH3 is 3. The predicted octanol–water partition coefficient (Wildman–Crippen LogP) is 4.03. The fourth-order valence-corrected chi connectivity index (χ4v) is 4.27. The van der Waals surface area contributed by atoms with Gasteiger partial charge in [0.15, 0.2) is 0 Å². The molecule has 1 saturated heterocycles. The van der Waals surface area contributed by atoms with Gasteiger partial charge in [0, 0.05) is 6.54 Å². The number of hydrogen-bond donors (Lipinski definition) is 2. The number of carboxylic acid groups (broad SMARTS) is 1. The number of ketones is 1. The van der Waals surface area contributed by atoms with E-state index in [0.717, 1.165) is 0 Å². The second-order valence-electron chi connectivity index (χ2n) is 8.27. The zero-order valence-electron chi connectivity index (χ0n) is 20.4. The smallest absolute Gasteiger partial charge is 0.335 e. The van der Waals surface area contributed by atoms with Crippen molar-refractivity contribution in [3.63, 3.8) is 0 Å². The van der Waals surface area contributed by atoms with E-state index in [2.05, 4.69) is 0 Å². The molecule has 1 heterocycles. The van der Waals surface area contributed by atoms with Crippen molar-refractivity contribution in [2.24, 2.45) is 0 Å². The van der Waals surface area contributed by atoms with Crippen LogP contribution >= 0.6 is 0 Å². The molecule has 0 spiro atoms. The second kappa shape index (κ2) is 10.4. The van der Waals surface area contributed by atoms with E-state index in [9.17, 15) is 24.6 Å². The van der Waals surface area contributed by atoms with Crippen LogP contribution in [0, 0.1) is 0 Å². The van der Waals surface area contributed by atoms with E-state index in [4.69, 9.17) is 14.2 Å². The van der Waals surface area contributed by atoms with Crippen LogP contribution in [0.1, 0.15) is 33.1 Å². The fraction of sp³-hybridized carbons (Fsp3) is 0.179. The average molecular weight is 504 g/mol. The molecule has 0 radical (unpaired) electrons. The third-order valence-corrected chi connectivity index (χ3v) is 6.19. The van der Waals surface area contributed by atoms with Crippen LogP contribution in [0.15, 0.2) is 72.3 Å². The van der Waals surface area contributed by atoms with Gasteiger partial charge in [-0.1, -0.05) is 24.3 Å². The summed E-state index contributed by atoms with van der Waals surface area (Å²) in [7, 11) is 4.42. The Morgan fingerprint density at radius 1 is 0.838 bits per heavy atom. The van der Waals surface area contributed by atoms with E-state index in [1.165, 1.54) is 44.4 Å². The number of rotatable bonds is 8. The van der Waals surface area contributed by atoms with Gasteiger partial charge < -0.3 is 29.3 Å². The standard InChI is InChI=1S/C28H25NO8/c1-35-19-10-8-17(9-11-19)24-23(25(30)21-14-20(36-2)12-13-22(21)37-3)26(31)27(32)29(24)15-16-4-6-18(7-5-16)28(33)34/h4-14,24,30H,15H2,1-3H3,(H,33,34)/b25-23+. The zero-order chi connectivity index (χ0) is 26.7. The Morgan fingerprint density at radius 3 is 2.03 bits per heavy atom. The molecular weight excluding hydrogens is 478 g/mol. The summed E-state index contributed by atoms with van der Waals surface area (Å²) >= 11 is 0. The first-order valence-corrected chi connectivity index (χ1v) is 11.3. The summed E-state index contributed by atoms with van der Waals surface area (Å²) in [5, 5.41) is 20.6. The molecule has 1 unspecified atom stereocenters. The Labute approximate surface area is 213 Å². The van der Waals surface area contributed by atoms with Crippen LogP contribution in [0.5, 0.6) is 17.2 Å². The lowest BCUT2D eigenvalue weighted by molar-refractivity contribution is -0.140. The molecule has 0 aliphatic carbocycles. The molecule has 4 rings (SSSR count). The third-order valence-electron chi connectivity index (χ3n) is 6.19. The number of amides is 1. The van der Waals surface area contributed by atoms with Gasteiger partial charge in [-0.05, 0) is 53.6 Å². The highest BCUT2D eigenvalue weighted by Gasteiger charge is 2.46. The molecule has 0 bridgehead atoms. The monoisotopic (exact) mass is 503 g/mol. The number of carbonyl (C=O) groups excluding carboxylic acids is 2. The highest BCUT2D eigenvalue weighted by atomic mass is 16.5. The maximum Gasteiger partial charge on any atom is 0.335 e. The lowest BCUT2D eigenvalue weighted by Crippen LogP contribution is -2.29. The summed E-state index contributed by atoms with van der Waals surface area (Å²) in [5.74, 6) is -1.83. The molecule has 1 aliphatic rings. The number of aliphatic hydroxyl groups excluding tert-OH is 1. The summed E-state index contributed by atoms with van der Waals surface area (Å²) in [6.45, 7) is 0.00714. The molecule has 3 aromatic carbocycles. The first-order valence-electron chi connectivity index (χ1n) is 11.3. The van der Waals surface area contributed by atoms with Crippen LogP contribution in [0.25, 0.3) is 5.76 Å². The van der Waals surface area contributed by atoms with Gasteiger partial charge in [-0.15, -0.1) is 0 Å². The summed E-state index contributed by atoms with van der Waals surface area (Å²) in [5.41, 5.74) is 1.38. The van der Waals surface area contributed by atoms with Crippen LogP contribution in [0.3, 0.4) is 0 Å². The SMILES string of the molecule is COc1ccc(C2/C(=C(\O)c3cc(OC)ccc3OC)C(=O)C(=O)N2Cc2ccc(C(=O)O)cc2)cc1. The van der Waals surface area contributed by atoms with Crippen molar-refractivity contribution >= 4 is 23.4 Å². The molecule has 1 atom stereocenters. The largest absolute Gasteiger partial charge is 0.507 e. The number of Topliss-reactive ketones (excluding diaryl/α,β-unsaturated/α-hetero) is 1. The van der Waals surface area contributed by atoms with Gasteiger partial charge >= 0.3 is 5.97 Å². The van der Waals surface area contributed by atoms with Crippen molar-refractivity contribution in [2.75, 3.05) is 21.3 Å². The number of hydrogen-bond acceptors (Lipinski definition) is 7. The van der Waals surface area contributed by atoms with Gasteiger partial charge in [0.1, 0.15) is 23.0 Å². The molecule has 190 valence electrons. The van der Waals surface area contributed by atoms with E-state index in [-0.39, 0.29) is 23.2 Å². The van der Waals surface area contributed by atoms with E-state index in [1.54, 1.807) is 48.5 Å². The number of likely N-dealkylation sites (tertiary alicyclic amines) is 1. The highest BCUT2D eigenvalue weighted by molar-refractivity contribution is 6.46. The molecule has 2 N–H and O–H groups in total. The van der Waals surface area contributed by atoms with Gasteiger partial charge in [-0.25, -0.2) is 4.79 Å². The predicted molar refractivity (Wildman–Crippen MR) is 134 cm³/mol. The van der Waals surface area contributed by atoms with Crippen LogP contribution in [-0.4, -0.2) is 54.1 Å². The lowest BCUT2D eigenvalue weighted by atomic mass is 9.94. The fourth-order valence-electron chi connectivity index (χ4n) is 4.27. The van der Waals surface area contributed by atoms with E-state index >= 15 is 0 Å². The van der Waals surface area contributed by atoms with E-state index in [1.807, 2.05) is 0 Å². The van der Waals surface area contributed by atoms with Crippen molar-refractivity contribution < 1.29 is 38.8 Å². The molecule has 0 aromatic heterocycles. The number of nitrogens with zero attached hydrogens (tertiary/aromatic N) is 1. The molecule has 9 heteroatoms. The number of ether oxygens (including phenoxy) is 3. The number of carboxylic acids is 1. The number of aromatic carboxylic acids is 1. The first-order chi connectivity index (χ1) is 17.8. The normalized spacial score (nSPS) is 16.5. The van der Waals surface area contributed by atoms with Crippen molar-refractivity contribution in [1.29, 1.82) is 0 Å². The summed E-state index contributed by atoms with van der Waals surface area (Å²) in [6, 6.07) is 16.7. The molecule has 1 aliphatic heterocycles. The van der Waals surface area contributed by atoms with Crippen molar-refractivity contribution in [2.45, 2.75) is 12.6 Å². The van der Waals surface area contributed by atoms with Crippen molar-refractivity contribution in [3.8, 4) is 17.2 Å². The van der Waals surface area contributed by atoms with Crippen molar-refractivity contribution in [3.05, 3.63) is 94.6 Å². The minimum Gasteiger partial charge on any atom is -0.507 e. The molecule has 9 nitrogen and oxygen atoms in total. The zero-order valence-corrected chi connectivity index (χ0v) is 20.4. The molecule has 1 fully saturated rings. The topological polar surface area (TPSA) is 123 Å². The van der Waals surface area contributed by atoms with Gasteiger partial charge in [0.05, 0.1) is 44.1 Å². The molecule has 0 saturated carbocycles. The molecule has 3 aromatic rings. The summed E-state index contributed by atoms with van der Waals surface area (Å²) < 4.78 is 15.9. The Hall–Kier alpha value is -4.79. The Balaban J connectivity index is 1.87. The summed E-state index contributed by atoms with van der Waals surface area (Å²) in [4.78, 5) is 39.2. The van der Waals surface area contributed by atoms with Crippen molar-refractivity contribution in [1.82, 2.24) is 4.90 Å². The van der Waals surface area contributed by atoms with E-state index in [0.29, 0.717) is 28.4 Å². The maximum atomic E-state index is 13.3. The van der Waals surface area contributed by atoms with Gasteiger partial charge in [0.2, 0.25) is 0 Å². The van der Waals surface area contributed by atoms with E-state index < -0.39 is 29.5 Å². The maximum absolute atomic E-state index is 13.3. The van der Waals surface area contributed by atoms with Gasteiger partial charge in [-0.3, -0.25) is 9.59 Å². The average Bonchev–Trinajstić information content (AvgIpc) is 3.17. The van der Waals surface area contributed by atoms with Crippen LogP contribution in [0.2, 0.25) is 0 Å². The van der Waals surface area contributed by atoms with Gasteiger partial charge in [0.25, 0.3) is 11.7 Å². The highest BCUT2D eigenvalue weighted by Crippen LogP contribution is 2.42. The minimum atomic E-state index is -1.07. The third kappa shape index (κ3) is 4.84. The minimum absolute atomic E-state index is 0.00714. The molecule has 37 heavy (non-hydrogen) atoms. The second-order valence-corrected chi connectivity index (χ2v) is 8.27. The Morgan fingerprint density at radius 2 is 1.46 bits per heavy atom. The Kier molecular flexibility index (Phi) is 7.15. The van der Waals surface area contributed by atoms with Crippen LogP contribution in [0.4, 0.5) is 0 Å².